The average Bonchev–Trinajstić information content (AvgIpc) is 2.31. The van der Waals surface area contributed by atoms with Gasteiger partial charge in [-0.15, -0.1) is 0 Å². The van der Waals surface area contributed by atoms with E-state index in [1.54, 1.807) is 0 Å². The minimum Gasteiger partial charge on any atom is -0.479 e. The third-order valence-corrected chi connectivity index (χ3v) is 3.19. The second kappa shape index (κ2) is 5.47. The molecule has 1 fully saturated rings. The van der Waals surface area contributed by atoms with Crippen LogP contribution in [-0.4, -0.2) is 74.2 Å². The molecule has 1 saturated heterocycles. The van der Waals surface area contributed by atoms with Gasteiger partial charge in [-0.2, -0.15) is 0 Å². The summed E-state index contributed by atoms with van der Waals surface area (Å²) < 4.78 is 5.20. The van der Waals surface area contributed by atoms with Crippen LogP contribution in [0.3, 0.4) is 0 Å². The molecule has 6 atom stereocenters. The number of ether oxygens (including phenoxy) is 1. The van der Waals surface area contributed by atoms with Gasteiger partial charge in [-0.3, -0.25) is 0 Å². The minimum absolute atomic E-state index is 0.220. The molecule has 0 spiro atoms. The Bertz CT molecular complexity index is 313. The minimum atomic E-state index is -1.70. The zero-order valence-electron chi connectivity index (χ0n) is 9.93. The van der Waals surface area contributed by atoms with Gasteiger partial charge in [-0.05, 0) is 6.92 Å². The number of aliphatic hydroxyl groups excluding tert-OH is 4. The second-order valence-electron chi connectivity index (χ2n) is 4.71. The van der Waals surface area contributed by atoms with E-state index < -0.39 is 48.6 Å². The van der Waals surface area contributed by atoms with Crippen molar-refractivity contribution in [1.29, 1.82) is 0 Å². The molecule has 0 amide bonds. The predicted molar refractivity (Wildman–Crippen MR) is 58.6 cm³/mol. The van der Waals surface area contributed by atoms with E-state index in [4.69, 9.17) is 20.7 Å². The quantitative estimate of drug-likeness (QED) is 0.315. The number of aliphatic carboxylic acids is 1. The summed E-state index contributed by atoms with van der Waals surface area (Å²) in [6, 6.07) is -1.05. The Kier molecular flexibility index (Phi) is 4.65. The first-order valence-corrected chi connectivity index (χ1v) is 5.55. The molecule has 1 heterocycles. The SMILES string of the molecule is CC1(C(=O)O)CC(O)C(N)C(C(O)C(O)CO)O1. The van der Waals surface area contributed by atoms with Gasteiger partial charge in [0.25, 0.3) is 0 Å². The van der Waals surface area contributed by atoms with E-state index in [0.717, 1.165) is 0 Å². The van der Waals surface area contributed by atoms with E-state index in [1.807, 2.05) is 0 Å². The van der Waals surface area contributed by atoms with E-state index in [1.165, 1.54) is 6.92 Å². The molecule has 7 N–H and O–H groups in total. The number of aliphatic hydroxyl groups is 4. The molecule has 1 aliphatic heterocycles. The Hall–Kier alpha value is -0.770. The number of rotatable bonds is 4. The first-order valence-electron chi connectivity index (χ1n) is 5.55. The zero-order valence-corrected chi connectivity index (χ0v) is 9.93. The van der Waals surface area contributed by atoms with Crippen LogP contribution in [0.15, 0.2) is 0 Å². The van der Waals surface area contributed by atoms with Crippen LogP contribution in [0.4, 0.5) is 0 Å². The van der Waals surface area contributed by atoms with Crippen LogP contribution in [0.5, 0.6) is 0 Å². The fraction of sp³-hybridized carbons (Fsp3) is 0.900. The number of hydrogen-bond donors (Lipinski definition) is 6. The molecule has 8 heteroatoms. The highest BCUT2D eigenvalue weighted by molar-refractivity contribution is 5.77. The molecule has 0 saturated carbocycles. The zero-order chi connectivity index (χ0) is 14.1. The maximum absolute atomic E-state index is 11.1. The number of carboxylic acid groups (broad SMARTS) is 1. The Balaban J connectivity index is 2.92. The summed E-state index contributed by atoms with van der Waals surface area (Å²) in [5.74, 6) is -1.30. The van der Waals surface area contributed by atoms with Crippen LogP contribution in [0, 0.1) is 0 Å². The van der Waals surface area contributed by atoms with E-state index in [2.05, 4.69) is 0 Å². The maximum atomic E-state index is 11.1. The molecule has 8 nitrogen and oxygen atoms in total. The summed E-state index contributed by atoms with van der Waals surface area (Å²) in [4.78, 5) is 11.1. The van der Waals surface area contributed by atoms with Crippen molar-refractivity contribution in [3.63, 3.8) is 0 Å². The first kappa shape index (κ1) is 15.3. The molecule has 0 aromatic heterocycles. The molecular weight excluding hydrogens is 246 g/mol. The van der Waals surface area contributed by atoms with Crippen LogP contribution < -0.4 is 5.73 Å². The fourth-order valence-corrected chi connectivity index (χ4v) is 1.94. The van der Waals surface area contributed by atoms with Gasteiger partial charge in [-0.1, -0.05) is 0 Å². The summed E-state index contributed by atoms with van der Waals surface area (Å²) >= 11 is 0. The topological polar surface area (TPSA) is 153 Å². The third-order valence-electron chi connectivity index (χ3n) is 3.19. The molecule has 6 unspecified atom stereocenters. The maximum Gasteiger partial charge on any atom is 0.335 e. The summed E-state index contributed by atoms with van der Waals surface area (Å²) in [6.45, 7) is 0.517. The summed E-state index contributed by atoms with van der Waals surface area (Å²) in [6.07, 6.45) is -5.80. The lowest BCUT2D eigenvalue weighted by molar-refractivity contribution is -0.221. The Morgan fingerprint density at radius 1 is 1.56 bits per heavy atom. The molecule has 0 bridgehead atoms. The van der Waals surface area contributed by atoms with Crippen molar-refractivity contribution >= 4 is 5.97 Å². The van der Waals surface area contributed by atoms with Gasteiger partial charge in [0.1, 0.15) is 18.3 Å². The van der Waals surface area contributed by atoms with Gasteiger partial charge in [0.05, 0.1) is 18.8 Å². The lowest BCUT2D eigenvalue weighted by Gasteiger charge is -2.44. The van der Waals surface area contributed by atoms with E-state index in [-0.39, 0.29) is 6.42 Å². The highest BCUT2D eigenvalue weighted by Crippen LogP contribution is 2.30. The van der Waals surface area contributed by atoms with Crippen molar-refractivity contribution in [2.45, 2.75) is 49.4 Å². The normalized spacial score (nSPS) is 40.2. The van der Waals surface area contributed by atoms with Crippen molar-refractivity contribution in [3.8, 4) is 0 Å². The molecule has 106 valence electrons. The summed E-state index contributed by atoms with van der Waals surface area (Å²) in [5.41, 5.74) is 3.92. The number of carbonyl (C=O) groups is 1. The van der Waals surface area contributed by atoms with Crippen LogP contribution in [0.2, 0.25) is 0 Å². The molecule has 0 aromatic rings. The van der Waals surface area contributed by atoms with Crippen LogP contribution in [-0.2, 0) is 9.53 Å². The predicted octanol–water partition coefficient (Wildman–Crippen LogP) is -2.98. The Labute approximate surface area is 104 Å². The monoisotopic (exact) mass is 265 g/mol. The summed E-state index contributed by atoms with van der Waals surface area (Å²) in [7, 11) is 0. The lowest BCUT2D eigenvalue weighted by Crippen LogP contribution is -2.64. The summed E-state index contributed by atoms with van der Waals surface area (Å²) in [5, 5.41) is 46.5. The van der Waals surface area contributed by atoms with Crippen molar-refractivity contribution in [2.75, 3.05) is 6.61 Å². The molecule has 0 aliphatic carbocycles. The highest BCUT2D eigenvalue weighted by Gasteiger charge is 2.50. The molecule has 18 heavy (non-hydrogen) atoms. The Morgan fingerprint density at radius 3 is 2.56 bits per heavy atom. The fourth-order valence-electron chi connectivity index (χ4n) is 1.94. The van der Waals surface area contributed by atoms with E-state index in [9.17, 15) is 20.1 Å². The molecule has 1 rings (SSSR count). The second-order valence-corrected chi connectivity index (χ2v) is 4.71. The largest absolute Gasteiger partial charge is 0.479 e. The molecular formula is C10H19NO7. The van der Waals surface area contributed by atoms with Gasteiger partial charge >= 0.3 is 5.97 Å². The van der Waals surface area contributed by atoms with Gasteiger partial charge in [-0.25, -0.2) is 4.79 Å². The van der Waals surface area contributed by atoms with Crippen LogP contribution in [0.1, 0.15) is 13.3 Å². The number of nitrogens with two attached hydrogens (primary N) is 1. The lowest BCUT2D eigenvalue weighted by atomic mass is 9.85. The Morgan fingerprint density at radius 2 is 2.11 bits per heavy atom. The molecule has 1 aliphatic rings. The first-order chi connectivity index (χ1) is 8.23. The molecule has 0 aromatic carbocycles. The van der Waals surface area contributed by atoms with Gasteiger partial charge < -0.3 is 36.0 Å². The van der Waals surface area contributed by atoms with Gasteiger partial charge in [0.15, 0.2) is 5.60 Å². The highest BCUT2D eigenvalue weighted by atomic mass is 16.6. The van der Waals surface area contributed by atoms with Crippen molar-refractivity contribution in [1.82, 2.24) is 0 Å². The van der Waals surface area contributed by atoms with Crippen molar-refractivity contribution in [2.24, 2.45) is 5.73 Å². The average molecular weight is 265 g/mol. The smallest absolute Gasteiger partial charge is 0.335 e. The van der Waals surface area contributed by atoms with Gasteiger partial charge in [0.2, 0.25) is 0 Å². The molecule has 0 radical (unpaired) electrons. The van der Waals surface area contributed by atoms with E-state index >= 15 is 0 Å². The van der Waals surface area contributed by atoms with Crippen LogP contribution >= 0.6 is 0 Å². The third kappa shape index (κ3) is 2.79. The standard InChI is InChI=1S/C10H19NO7/c1-10(9(16)17)2-4(13)6(11)8(18-10)7(15)5(14)3-12/h4-8,12-15H,2-3,11H2,1H3,(H,16,17). The van der Waals surface area contributed by atoms with E-state index in [0.29, 0.717) is 0 Å². The van der Waals surface area contributed by atoms with Crippen molar-refractivity contribution in [3.05, 3.63) is 0 Å². The van der Waals surface area contributed by atoms with Gasteiger partial charge in [0, 0.05) is 6.42 Å². The number of carboxylic acids is 1. The number of hydrogen-bond acceptors (Lipinski definition) is 7. The van der Waals surface area contributed by atoms with Crippen molar-refractivity contribution < 1.29 is 35.1 Å². The van der Waals surface area contributed by atoms with Crippen LogP contribution in [0.25, 0.3) is 0 Å².